The van der Waals surface area contributed by atoms with Gasteiger partial charge < -0.3 is 19.5 Å². The molecule has 1 aliphatic heterocycles. The Morgan fingerprint density at radius 3 is 2.77 bits per heavy atom. The van der Waals surface area contributed by atoms with E-state index in [4.69, 9.17) is 26.2 Å². The average Bonchev–Trinajstić information content (AvgIpc) is 2.99. The van der Waals surface area contributed by atoms with Gasteiger partial charge in [0.2, 0.25) is 5.91 Å². The highest BCUT2D eigenvalue weighted by Gasteiger charge is 2.33. The molecule has 0 radical (unpaired) electrons. The molecule has 1 fully saturated rings. The molecule has 1 saturated heterocycles. The molecule has 0 saturated carbocycles. The second kappa shape index (κ2) is 9.67. The number of ether oxygens (including phenoxy) is 2. The van der Waals surface area contributed by atoms with Crippen LogP contribution in [0.5, 0.6) is 11.5 Å². The maximum atomic E-state index is 11.9. The van der Waals surface area contributed by atoms with E-state index in [9.17, 15) is 9.59 Å². The zero-order valence-corrected chi connectivity index (χ0v) is 16.1. The number of methoxy groups -OCH3 is 1. The van der Waals surface area contributed by atoms with Crippen LogP contribution in [0.2, 0.25) is 5.02 Å². The number of amides is 1. The SMILES string of the molecule is CCCCCOc1c(Cl)cc(CCN2CC(C(=O)O)CC2=O)cc1OC. The Hall–Kier alpha value is -1.95. The molecule has 0 aromatic heterocycles. The van der Waals surface area contributed by atoms with Crippen LogP contribution in [0.25, 0.3) is 0 Å². The van der Waals surface area contributed by atoms with Crippen LogP contribution in [-0.2, 0) is 16.0 Å². The standard InChI is InChI=1S/C19H26ClNO5/c1-3-4-5-8-26-18-15(20)9-13(10-16(18)25-2)6-7-21-12-14(19(23)24)11-17(21)22/h9-10,14H,3-8,11-12H2,1-2H3,(H,23,24). The van der Waals surface area contributed by atoms with Crippen LogP contribution in [0.3, 0.4) is 0 Å². The molecule has 1 N–H and O–H groups in total. The van der Waals surface area contributed by atoms with Gasteiger partial charge in [-0.3, -0.25) is 9.59 Å². The van der Waals surface area contributed by atoms with E-state index >= 15 is 0 Å². The first-order valence-corrected chi connectivity index (χ1v) is 9.33. The van der Waals surface area contributed by atoms with Gasteiger partial charge in [-0.25, -0.2) is 0 Å². The third-order valence-corrected chi connectivity index (χ3v) is 4.80. The van der Waals surface area contributed by atoms with Crippen LogP contribution in [-0.4, -0.2) is 48.7 Å². The summed E-state index contributed by atoms with van der Waals surface area (Å²) in [7, 11) is 1.57. The second-order valence-electron chi connectivity index (χ2n) is 6.49. The van der Waals surface area contributed by atoms with Crippen molar-refractivity contribution in [3.8, 4) is 11.5 Å². The first-order chi connectivity index (χ1) is 12.5. The summed E-state index contributed by atoms with van der Waals surface area (Å²) in [6.07, 6.45) is 3.82. The summed E-state index contributed by atoms with van der Waals surface area (Å²) in [4.78, 5) is 24.5. The van der Waals surface area contributed by atoms with Crippen molar-refractivity contribution in [3.05, 3.63) is 22.7 Å². The Kier molecular flexibility index (Phi) is 7.57. The number of carboxylic acids is 1. The van der Waals surface area contributed by atoms with E-state index in [0.717, 1.165) is 24.8 Å². The lowest BCUT2D eigenvalue weighted by atomic mass is 10.1. The normalized spacial score (nSPS) is 16.8. The van der Waals surface area contributed by atoms with Crippen LogP contribution >= 0.6 is 11.6 Å². The molecule has 0 aliphatic carbocycles. The van der Waals surface area contributed by atoms with Crippen molar-refractivity contribution >= 4 is 23.5 Å². The van der Waals surface area contributed by atoms with Crippen LogP contribution < -0.4 is 9.47 Å². The first kappa shape index (κ1) is 20.4. The highest BCUT2D eigenvalue weighted by Crippen LogP contribution is 2.37. The molecule has 1 atom stereocenters. The number of halogens is 1. The van der Waals surface area contributed by atoms with E-state index in [1.54, 1.807) is 12.0 Å². The minimum absolute atomic E-state index is 0.0734. The van der Waals surface area contributed by atoms with Gasteiger partial charge in [-0.1, -0.05) is 31.4 Å². The molecule has 0 spiro atoms. The van der Waals surface area contributed by atoms with Gasteiger partial charge in [0.25, 0.3) is 0 Å². The highest BCUT2D eigenvalue weighted by molar-refractivity contribution is 6.32. The summed E-state index contributed by atoms with van der Waals surface area (Å²) < 4.78 is 11.2. The topological polar surface area (TPSA) is 76.1 Å². The minimum atomic E-state index is -0.921. The predicted molar refractivity (Wildman–Crippen MR) is 99.1 cm³/mol. The van der Waals surface area contributed by atoms with Crippen LogP contribution in [0.4, 0.5) is 0 Å². The summed E-state index contributed by atoms with van der Waals surface area (Å²) in [6.45, 7) is 3.44. The van der Waals surface area contributed by atoms with E-state index < -0.39 is 11.9 Å². The monoisotopic (exact) mass is 383 g/mol. The molecule has 7 heteroatoms. The number of nitrogens with zero attached hydrogens (tertiary/aromatic N) is 1. The van der Waals surface area contributed by atoms with Gasteiger partial charge in [0.15, 0.2) is 11.5 Å². The van der Waals surface area contributed by atoms with Gasteiger partial charge in [0.05, 0.1) is 24.7 Å². The Morgan fingerprint density at radius 2 is 2.15 bits per heavy atom. The maximum Gasteiger partial charge on any atom is 0.308 e. The average molecular weight is 384 g/mol. The summed E-state index contributed by atoms with van der Waals surface area (Å²) in [5.41, 5.74) is 0.916. The number of benzene rings is 1. The van der Waals surface area contributed by atoms with Gasteiger partial charge in [-0.15, -0.1) is 0 Å². The molecule has 1 amide bonds. The number of rotatable bonds is 10. The predicted octanol–water partition coefficient (Wildman–Crippen LogP) is 3.39. The van der Waals surface area contributed by atoms with Gasteiger partial charge in [0, 0.05) is 19.5 Å². The number of hydrogen-bond acceptors (Lipinski definition) is 4. The van der Waals surface area contributed by atoms with Gasteiger partial charge in [-0.05, 0) is 30.5 Å². The highest BCUT2D eigenvalue weighted by atomic mass is 35.5. The molecule has 26 heavy (non-hydrogen) atoms. The Bertz CT molecular complexity index is 649. The minimum Gasteiger partial charge on any atom is -0.493 e. The van der Waals surface area contributed by atoms with Crippen LogP contribution in [0, 0.1) is 5.92 Å². The lowest BCUT2D eigenvalue weighted by Crippen LogP contribution is -2.28. The van der Waals surface area contributed by atoms with Crippen molar-refractivity contribution in [2.75, 3.05) is 26.8 Å². The van der Waals surface area contributed by atoms with Crippen molar-refractivity contribution in [3.63, 3.8) is 0 Å². The van der Waals surface area contributed by atoms with E-state index in [0.29, 0.717) is 36.1 Å². The summed E-state index contributed by atoms with van der Waals surface area (Å²) in [5.74, 6) is -0.543. The molecule has 0 bridgehead atoms. The smallest absolute Gasteiger partial charge is 0.308 e. The third kappa shape index (κ3) is 5.27. The number of carbonyl (C=O) groups excluding carboxylic acids is 1. The number of carboxylic acid groups (broad SMARTS) is 1. The summed E-state index contributed by atoms with van der Waals surface area (Å²) in [5, 5.41) is 9.53. The second-order valence-corrected chi connectivity index (χ2v) is 6.90. The Morgan fingerprint density at radius 1 is 1.38 bits per heavy atom. The molecule has 1 heterocycles. The zero-order chi connectivity index (χ0) is 19.1. The van der Waals surface area contributed by atoms with Gasteiger partial charge in [0.1, 0.15) is 0 Å². The quantitative estimate of drug-likeness (QED) is 0.627. The molecule has 6 nitrogen and oxygen atoms in total. The maximum absolute atomic E-state index is 11.9. The van der Waals surface area contributed by atoms with Crippen LogP contribution in [0.1, 0.15) is 38.2 Å². The fraction of sp³-hybridized carbons (Fsp3) is 0.579. The number of hydrogen-bond donors (Lipinski definition) is 1. The molecule has 2 rings (SSSR count). The molecule has 1 aromatic carbocycles. The van der Waals surface area contributed by atoms with E-state index in [-0.39, 0.29) is 18.9 Å². The molecular weight excluding hydrogens is 358 g/mol. The Balaban J connectivity index is 1.98. The van der Waals surface area contributed by atoms with Crippen molar-refractivity contribution in [1.29, 1.82) is 0 Å². The summed E-state index contributed by atoms with van der Waals surface area (Å²) >= 11 is 6.35. The number of likely N-dealkylation sites (tertiary alicyclic amines) is 1. The first-order valence-electron chi connectivity index (χ1n) is 8.96. The van der Waals surface area contributed by atoms with Crippen LogP contribution in [0.15, 0.2) is 12.1 Å². The number of carbonyl (C=O) groups is 2. The van der Waals surface area contributed by atoms with Crippen molar-refractivity contribution in [1.82, 2.24) is 4.90 Å². The fourth-order valence-corrected chi connectivity index (χ4v) is 3.29. The van der Waals surface area contributed by atoms with Crippen molar-refractivity contribution in [2.24, 2.45) is 5.92 Å². The number of unbranched alkanes of at least 4 members (excludes halogenated alkanes) is 2. The van der Waals surface area contributed by atoms with Gasteiger partial charge in [-0.2, -0.15) is 0 Å². The zero-order valence-electron chi connectivity index (χ0n) is 15.3. The van der Waals surface area contributed by atoms with Gasteiger partial charge >= 0.3 is 5.97 Å². The number of aliphatic carboxylic acids is 1. The fourth-order valence-electron chi connectivity index (χ4n) is 3.00. The summed E-state index contributed by atoms with van der Waals surface area (Å²) in [6, 6.07) is 3.67. The lowest BCUT2D eigenvalue weighted by Gasteiger charge is -2.17. The molecule has 1 aromatic rings. The van der Waals surface area contributed by atoms with E-state index in [1.807, 2.05) is 12.1 Å². The molecule has 144 valence electrons. The Labute approximate surface area is 159 Å². The molecule has 1 aliphatic rings. The molecular formula is C19H26ClNO5. The van der Waals surface area contributed by atoms with Crippen molar-refractivity contribution < 1.29 is 24.2 Å². The van der Waals surface area contributed by atoms with E-state index in [1.165, 1.54) is 0 Å². The molecule has 1 unspecified atom stereocenters. The van der Waals surface area contributed by atoms with Crippen molar-refractivity contribution in [2.45, 2.75) is 39.0 Å². The van der Waals surface area contributed by atoms with E-state index in [2.05, 4.69) is 6.92 Å². The third-order valence-electron chi connectivity index (χ3n) is 4.52. The largest absolute Gasteiger partial charge is 0.493 e. The lowest BCUT2D eigenvalue weighted by molar-refractivity contribution is -0.141.